The highest BCUT2D eigenvalue weighted by molar-refractivity contribution is 5.11. The van der Waals surface area contributed by atoms with Crippen LogP contribution in [0.1, 0.15) is 39.5 Å². The zero-order valence-electron chi connectivity index (χ0n) is 6.94. The first kappa shape index (κ1) is 9.41. The first-order valence-electron chi connectivity index (χ1n) is 3.75. The number of allylic oxidation sites excluding steroid dienone is 2. The van der Waals surface area contributed by atoms with Gasteiger partial charge < -0.3 is 4.79 Å². The van der Waals surface area contributed by atoms with Crippen molar-refractivity contribution in [3.05, 3.63) is 11.1 Å². The molecule has 0 saturated carbocycles. The number of hydrogen-bond acceptors (Lipinski definition) is 1. The van der Waals surface area contributed by atoms with Gasteiger partial charge in [-0.2, -0.15) is 0 Å². The molecule has 58 valence electrons. The smallest absolute Gasteiger partial charge is 0.106 e. The monoisotopic (exact) mass is 140 g/mol. The van der Waals surface area contributed by atoms with Gasteiger partial charge in [-0.05, 0) is 39.5 Å². The Morgan fingerprint density at radius 2 is 1.30 bits per heavy atom. The Balaban J connectivity index is 0.000000371. The predicted molar refractivity (Wildman–Crippen MR) is 44.0 cm³/mol. The molecule has 1 rings (SSSR count). The quantitative estimate of drug-likeness (QED) is 0.473. The van der Waals surface area contributed by atoms with Gasteiger partial charge in [0.05, 0.1) is 0 Å². The standard InChI is InChI=1S/C8H14.CH2O/c1-7-5-3-4-6-8(7)2;1-2/h3-6H2,1-2H3;1H2. The third kappa shape index (κ3) is 2.81. The molecule has 0 atom stereocenters. The maximum Gasteiger partial charge on any atom is 0.106 e. The summed E-state index contributed by atoms with van der Waals surface area (Å²) in [6, 6.07) is 0. The summed E-state index contributed by atoms with van der Waals surface area (Å²) in [5.41, 5.74) is 3.27. The molecule has 0 aromatic rings. The van der Waals surface area contributed by atoms with E-state index in [2.05, 4.69) is 13.8 Å². The Kier molecular flexibility index (Phi) is 4.91. The maximum absolute atomic E-state index is 8.00. The molecule has 0 saturated heterocycles. The summed E-state index contributed by atoms with van der Waals surface area (Å²) in [5, 5.41) is 0. The predicted octanol–water partition coefficient (Wildman–Crippen LogP) is 2.71. The van der Waals surface area contributed by atoms with E-state index in [9.17, 15) is 0 Å². The molecule has 1 aliphatic rings. The van der Waals surface area contributed by atoms with Gasteiger partial charge >= 0.3 is 0 Å². The van der Waals surface area contributed by atoms with Crippen LogP contribution in [0.4, 0.5) is 0 Å². The molecule has 0 bridgehead atoms. The van der Waals surface area contributed by atoms with Gasteiger partial charge in [0.25, 0.3) is 0 Å². The Morgan fingerprint density at radius 1 is 1.00 bits per heavy atom. The van der Waals surface area contributed by atoms with E-state index < -0.39 is 0 Å². The Labute approximate surface area is 63.1 Å². The van der Waals surface area contributed by atoms with Gasteiger partial charge in [0.1, 0.15) is 6.79 Å². The molecular weight excluding hydrogens is 124 g/mol. The van der Waals surface area contributed by atoms with Crippen molar-refractivity contribution >= 4 is 6.79 Å². The molecule has 0 aliphatic heterocycles. The fraction of sp³-hybridized carbons (Fsp3) is 0.667. The van der Waals surface area contributed by atoms with Crippen LogP contribution in [0.15, 0.2) is 11.1 Å². The summed E-state index contributed by atoms with van der Waals surface area (Å²) >= 11 is 0. The molecule has 1 heteroatoms. The Bertz CT molecular complexity index is 111. The summed E-state index contributed by atoms with van der Waals surface area (Å²) in [7, 11) is 0. The van der Waals surface area contributed by atoms with Crippen molar-refractivity contribution in [2.24, 2.45) is 0 Å². The van der Waals surface area contributed by atoms with Gasteiger partial charge in [0.2, 0.25) is 0 Å². The summed E-state index contributed by atoms with van der Waals surface area (Å²) in [4.78, 5) is 8.00. The minimum Gasteiger partial charge on any atom is -0.307 e. The van der Waals surface area contributed by atoms with E-state index in [4.69, 9.17) is 4.79 Å². The van der Waals surface area contributed by atoms with Crippen LogP contribution >= 0.6 is 0 Å². The molecule has 0 unspecified atom stereocenters. The van der Waals surface area contributed by atoms with Crippen LogP contribution in [-0.4, -0.2) is 6.79 Å². The van der Waals surface area contributed by atoms with E-state index in [1.165, 1.54) is 25.7 Å². The largest absolute Gasteiger partial charge is 0.307 e. The van der Waals surface area contributed by atoms with Gasteiger partial charge in [0.15, 0.2) is 0 Å². The van der Waals surface area contributed by atoms with E-state index in [0.717, 1.165) is 0 Å². The summed E-state index contributed by atoms with van der Waals surface area (Å²) in [6.07, 6.45) is 5.55. The number of hydrogen-bond donors (Lipinski definition) is 0. The van der Waals surface area contributed by atoms with E-state index >= 15 is 0 Å². The van der Waals surface area contributed by atoms with Crippen molar-refractivity contribution in [2.45, 2.75) is 39.5 Å². The molecule has 0 amide bonds. The number of carbonyl (C=O) groups is 1. The third-order valence-electron chi connectivity index (χ3n) is 2.08. The molecule has 0 N–H and O–H groups in total. The topological polar surface area (TPSA) is 17.1 Å². The lowest BCUT2D eigenvalue weighted by Crippen LogP contribution is -1.92. The highest BCUT2D eigenvalue weighted by Crippen LogP contribution is 2.22. The van der Waals surface area contributed by atoms with Crippen LogP contribution in [0.25, 0.3) is 0 Å². The van der Waals surface area contributed by atoms with E-state index in [1.54, 1.807) is 11.1 Å². The average molecular weight is 140 g/mol. The van der Waals surface area contributed by atoms with Crippen LogP contribution < -0.4 is 0 Å². The van der Waals surface area contributed by atoms with Crippen molar-refractivity contribution in [2.75, 3.05) is 0 Å². The molecule has 0 radical (unpaired) electrons. The Hall–Kier alpha value is -0.590. The zero-order valence-corrected chi connectivity index (χ0v) is 6.94. The van der Waals surface area contributed by atoms with E-state index in [-0.39, 0.29) is 0 Å². The highest BCUT2D eigenvalue weighted by atomic mass is 16.1. The highest BCUT2D eigenvalue weighted by Gasteiger charge is 2.02. The van der Waals surface area contributed by atoms with Gasteiger partial charge in [-0.1, -0.05) is 11.1 Å². The van der Waals surface area contributed by atoms with Crippen molar-refractivity contribution in [1.82, 2.24) is 0 Å². The first-order valence-corrected chi connectivity index (χ1v) is 3.75. The molecule has 0 heterocycles. The summed E-state index contributed by atoms with van der Waals surface area (Å²) in [6.45, 7) is 6.52. The minimum absolute atomic E-state index is 1.35. The van der Waals surface area contributed by atoms with Gasteiger partial charge in [-0.3, -0.25) is 0 Å². The molecule has 0 spiro atoms. The lowest BCUT2D eigenvalue weighted by atomic mass is 9.94. The van der Waals surface area contributed by atoms with Gasteiger partial charge in [-0.25, -0.2) is 0 Å². The second kappa shape index (κ2) is 5.21. The maximum atomic E-state index is 8.00. The van der Waals surface area contributed by atoms with E-state index in [0.29, 0.717) is 0 Å². The van der Waals surface area contributed by atoms with Crippen LogP contribution in [0.2, 0.25) is 0 Å². The van der Waals surface area contributed by atoms with Crippen LogP contribution in [0.5, 0.6) is 0 Å². The first-order chi connectivity index (χ1) is 4.80. The summed E-state index contributed by atoms with van der Waals surface area (Å²) < 4.78 is 0. The lowest BCUT2D eigenvalue weighted by Gasteiger charge is -2.12. The molecule has 0 aromatic carbocycles. The second-order valence-corrected chi connectivity index (χ2v) is 2.77. The second-order valence-electron chi connectivity index (χ2n) is 2.77. The normalized spacial score (nSPS) is 17.8. The average Bonchev–Trinajstić information content (AvgIpc) is 2.00. The van der Waals surface area contributed by atoms with Crippen molar-refractivity contribution in [3.8, 4) is 0 Å². The fourth-order valence-electron chi connectivity index (χ4n) is 1.21. The van der Waals surface area contributed by atoms with Crippen molar-refractivity contribution in [3.63, 3.8) is 0 Å². The third-order valence-corrected chi connectivity index (χ3v) is 2.08. The number of carbonyl (C=O) groups excluding carboxylic acids is 1. The van der Waals surface area contributed by atoms with Gasteiger partial charge in [0, 0.05) is 0 Å². The molecule has 0 aromatic heterocycles. The Morgan fingerprint density at radius 3 is 1.50 bits per heavy atom. The SMILES string of the molecule is C=O.CC1=C(C)CCCC1. The minimum atomic E-state index is 1.35. The molecule has 1 nitrogen and oxygen atoms in total. The molecule has 10 heavy (non-hydrogen) atoms. The van der Waals surface area contributed by atoms with Crippen LogP contribution in [0, 0.1) is 0 Å². The molecule has 0 fully saturated rings. The van der Waals surface area contributed by atoms with Crippen molar-refractivity contribution < 1.29 is 4.79 Å². The molecular formula is C9H16O. The fourth-order valence-corrected chi connectivity index (χ4v) is 1.21. The van der Waals surface area contributed by atoms with Gasteiger partial charge in [-0.15, -0.1) is 0 Å². The summed E-state index contributed by atoms with van der Waals surface area (Å²) in [5.74, 6) is 0. The van der Waals surface area contributed by atoms with E-state index in [1.807, 2.05) is 6.79 Å². The number of rotatable bonds is 0. The zero-order chi connectivity index (χ0) is 7.98. The van der Waals surface area contributed by atoms with Crippen LogP contribution in [-0.2, 0) is 4.79 Å². The lowest BCUT2D eigenvalue weighted by molar-refractivity contribution is -0.0979. The van der Waals surface area contributed by atoms with Crippen molar-refractivity contribution in [1.29, 1.82) is 0 Å². The molecule has 1 aliphatic carbocycles. The van der Waals surface area contributed by atoms with Crippen LogP contribution in [0.3, 0.4) is 0 Å².